The molecule has 24 heavy (non-hydrogen) atoms. The van der Waals surface area contributed by atoms with Gasteiger partial charge >= 0.3 is 0 Å². The number of hydrogen-bond donors (Lipinski definition) is 2. The minimum absolute atomic E-state index is 0.000599. The summed E-state index contributed by atoms with van der Waals surface area (Å²) in [5.74, 6) is -2.17. The van der Waals surface area contributed by atoms with Crippen molar-refractivity contribution >= 4 is 17.5 Å². The summed E-state index contributed by atoms with van der Waals surface area (Å²) in [5.41, 5.74) is 1.66. The first-order chi connectivity index (χ1) is 11.4. The molecule has 3 rings (SSSR count). The highest BCUT2D eigenvalue weighted by molar-refractivity contribution is 6.01. The Morgan fingerprint density at radius 1 is 1.17 bits per heavy atom. The molecule has 2 amide bonds. The van der Waals surface area contributed by atoms with Gasteiger partial charge in [-0.2, -0.15) is 0 Å². The van der Waals surface area contributed by atoms with Crippen molar-refractivity contribution in [3.63, 3.8) is 0 Å². The maximum absolute atomic E-state index is 13.3. The van der Waals surface area contributed by atoms with Crippen LogP contribution in [0.2, 0.25) is 0 Å². The number of halogens is 2. The zero-order chi connectivity index (χ0) is 17.3. The number of nitrogens with one attached hydrogen (secondary N) is 2. The molecule has 0 saturated heterocycles. The SMILES string of the molecule is CC(NC(=O)C1CC(=O)Nc2cc(F)ccc21)c1ccc(F)cc1. The van der Waals surface area contributed by atoms with E-state index in [2.05, 4.69) is 10.6 Å². The number of carbonyl (C=O) groups excluding carboxylic acids is 2. The average Bonchev–Trinajstić information content (AvgIpc) is 2.54. The Hall–Kier alpha value is -2.76. The monoisotopic (exact) mass is 330 g/mol. The highest BCUT2D eigenvalue weighted by atomic mass is 19.1. The van der Waals surface area contributed by atoms with Gasteiger partial charge in [-0.15, -0.1) is 0 Å². The van der Waals surface area contributed by atoms with E-state index < -0.39 is 11.7 Å². The van der Waals surface area contributed by atoms with Crippen LogP contribution in [0, 0.1) is 11.6 Å². The van der Waals surface area contributed by atoms with Crippen LogP contribution in [-0.4, -0.2) is 11.8 Å². The van der Waals surface area contributed by atoms with Crippen LogP contribution in [0.4, 0.5) is 14.5 Å². The predicted molar refractivity (Wildman–Crippen MR) is 85.3 cm³/mol. The number of benzene rings is 2. The van der Waals surface area contributed by atoms with Crippen molar-refractivity contribution < 1.29 is 18.4 Å². The third-order valence-electron chi connectivity index (χ3n) is 4.10. The topological polar surface area (TPSA) is 58.2 Å². The Morgan fingerprint density at radius 2 is 1.83 bits per heavy atom. The second-order valence-corrected chi connectivity index (χ2v) is 5.82. The van der Waals surface area contributed by atoms with E-state index >= 15 is 0 Å². The van der Waals surface area contributed by atoms with Gasteiger partial charge in [0.2, 0.25) is 11.8 Å². The van der Waals surface area contributed by atoms with Crippen molar-refractivity contribution in [1.82, 2.24) is 5.32 Å². The summed E-state index contributed by atoms with van der Waals surface area (Å²) in [6.45, 7) is 1.78. The lowest BCUT2D eigenvalue weighted by Gasteiger charge is -2.26. The van der Waals surface area contributed by atoms with Gasteiger partial charge in [0.1, 0.15) is 11.6 Å². The molecule has 4 nitrogen and oxygen atoms in total. The first kappa shape index (κ1) is 16.1. The summed E-state index contributed by atoms with van der Waals surface area (Å²) in [7, 11) is 0. The second kappa shape index (κ2) is 6.39. The smallest absolute Gasteiger partial charge is 0.228 e. The minimum atomic E-state index is -0.683. The molecule has 2 N–H and O–H groups in total. The van der Waals surface area contributed by atoms with Gasteiger partial charge in [-0.3, -0.25) is 9.59 Å². The Bertz CT molecular complexity index is 790. The molecule has 2 unspecified atom stereocenters. The Labute approximate surface area is 137 Å². The summed E-state index contributed by atoms with van der Waals surface area (Å²) in [6.07, 6.45) is 0.000599. The number of fused-ring (bicyclic) bond motifs is 1. The molecule has 124 valence electrons. The molecule has 2 aromatic carbocycles. The Morgan fingerprint density at radius 3 is 2.54 bits per heavy atom. The molecular formula is C18H16F2N2O2. The Balaban J connectivity index is 1.80. The van der Waals surface area contributed by atoms with Crippen LogP contribution >= 0.6 is 0 Å². The average molecular weight is 330 g/mol. The van der Waals surface area contributed by atoms with Gasteiger partial charge in [-0.05, 0) is 42.3 Å². The maximum Gasteiger partial charge on any atom is 0.228 e. The number of hydrogen-bond acceptors (Lipinski definition) is 2. The third-order valence-corrected chi connectivity index (χ3v) is 4.10. The van der Waals surface area contributed by atoms with Gasteiger partial charge in [0.15, 0.2) is 0 Å². The van der Waals surface area contributed by atoms with E-state index in [9.17, 15) is 18.4 Å². The van der Waals surface area contributed by atoms with Crippen molar-refractivity contribution in [2.45, 2.75) is 25.3 Å². The normalized spacial score (nSPS) is 17.6. The summed E-state index contributed by atoms with van der Waals surface area (Å²) < 4.78 is 26.3. The lowest BCUT2D eigenvalue weighted by atomic mass is 9.89. The van der Waals surface area contributed by atoms with E-state index in [-0.39, 0.29) is 30.1 Å². The van der Waals surface area contributed by atoms with Crippen molar-refractivity contribution in [2.75, 3.05) is 5.32 Å². The fourth-order valence-electron chi connectivity index (χ4n) is 2.82. The van der Waals surface area contributed by atoms with E-state index in [1.807, 2.05) is 0 Å². The van der Waals surface area contributed by atoms with Crippen LogP contribution in [0.1, 0.15) is 36.4 Å². The molecule has 0 saturated carbocycles. The van der Waals surface area contributed by atoms with Gasteiger partial charge in [0.25, 0.3) is 0 Å². The summed E-state index contributed by atoms with van der Waals surface area (Å²) in [6, 6.07) is 9.47. The summed E-state index contributed by atoms with van der Waals surface area (Å²) in [5, 5.41) is 5.40. The standard InChI is InChI=1S/C18H16F2N2O2/c1-10(11-2-4-12(19)5-3-11)21-18(24)15-9-17(23)22-16-8-13(20)6-7-14(15)16/h2-8,10,15H,9H2,1H3,(H,21,24)(H,22,23). The molecule has 0 fully saturated rings. The number of anilines is 1. The quantitative estimate of drug-likeness (QED) is 0.907. The summed E-state index contributed by atoms with van der Waals surface area (Å²) >= 11 is 0. The van der Waals surface area contributed by atoms with Gasteiger partial charge in [0.05, 0.1) is 12.0 Å². The lowest BCUT2D eigenvalue weighted by Crippen LogP contribution is -2.36. The van der Waals surface area contributed by atoms with Crippen molar-refractivity contribution in [1.29, 1.82) is 0 Å². The molecule has 0 aliphatic carbocycles. The number of amides is 2. The minimum Gasteiger partial charge on any atom is -0.349 e. The van der Waals surface area contributed by atoms with Crippen LogP contribution in [-0.2, 0) is 9.59 Å². The number of carbonyl (C=O) groups is 2. The predicted octanol–water partition coefficient (Wildman–Crippen LogP) is 3.27. The Kier molecular flexibility index (Phi) is 4.29. The molecule has 0 bridgehead atoms. The first-order valence-electron chi connectivity index (χ1n) is 7.59. The largest absolute Gasteiger partial charge is 0.349 e. The van der Waals surface area contributed by atoms with E-state index in [4.69, 9.17) is 0 Å². The second-order valence-electron chi connectivity index (χ2n) is 5.82. The van der Waals surface area contributed by atoms with Gasteiger partial charge in [-0.1, -0.05) is 18.2 Å². The molecule has 1 aliphatic rings. The van der Waals surface area contributed by atoms with Crippen LogP contribution < -0.4 is 10.6 Å². The molecular weight excluding hydrogens is 314 g/mol. The zero-order valence-electron chi connectivity index (χ0n) is 13.0. The molecule has 1 heterocycles. The molecule has 1 aliphatic heterocycles. The molecule has 0 spiro atoms. The summed E-state index contributed by atoms with van der Waals surface area (Å²) in [4.78, 5) is 24.4. The van der Waals surface area contributed by atoms with Crippen molar-refractivity contribution in [3.05, 3.63) is 65.2 Å². The maximum atomic E-state index is 13.3. The lowest BCUT2D eigenvalue weighted by molar-refractivity contribution is -0.126. The van der Waals surface area contributed by atoms with Gasteiger partial charge in [0, 0.05) is 12.1 Å². The molecule has 2 aromatic rings. The van der Waals surface area contributed by atoms with Crippen molar-refractivity contribution in [2.24, 2.45) is 0 Å². The van der Waals surface area contributed by atoms with Crippen molar-refractivity contribution in [3.8, 4) is 0 Å². The molecule has 2 atom stereocenters. The molecule has 6 heteroatoms. The van der Waals surface area contributed by atoms with Crippen LogP contribution in [0.25, 0.3) is 0 Å². The molecule has 0 radical (unpaired) electrons. The first-order valence-corrected chi connectivity index (χ1v) is 7.59. The highest BCUT2D eigenvalue weighted by Gasteiger charge is 2.31. The van der Waals surface area contributed by atoms with Gasteiger partial charge in [-0.25, -0.2) is 8.78 Å². The highest BCUT2D eigenvalue weighted by Crippen LogP contribution is 2.33. The van der Waals surface area contributed by atoms with E-state index in [0.29, 0.717) is 11.3 Å². The van der Waals surface area contributed by atoms with Crippen LogP contribution in [0.5, 0.6) is 0 Å². The van der Waals surface area contributed by atoms with Crippen LogP contribution in [0.15, 0.2) is 42.5 Å². The third kappa shape index (κ3) is 3.27. The fourth-order valence-corrected chi connectivity index (χ4v) is 2.82. The van der Waals surface area contributed by atoms with Crippen LogP contribution in [0.3, 0.4) is 0 Å². The number of rotatable bonds is 3. The van der Waals surface area contributed by atoms with Gasteiger partial charge < -0.3 is 10.6 Å². The van der Waals surface area contributed by atoms with E-state index in [0.717, 1.165) is 5.56 Å². The fraction of sp³-hybridized carbons (Fsp3) is 0.222. The van der Waals surface area contributed by atoms with E-state index in [1.54, 1.807) is 19.1 Å². The van der Waals surface area contributed by atoms with E-state index in [1.165, 1.54) is 30.3 Å². The zero-order valence-corrected chi connectivity index (χ0v) is 13.0. The molecule has 0 aromatic heterocycles.